The van der Waals surface area contributed by atoms with Crippen LogP contribution in [0.5, 0.6) is 0 Å². The third-order valence-corrected chi connectivity index (χ3v) is 5.03. The van der Waals surface area contributed by atoms with Crippen molar-refractivity contribution in [3.05, 3.63) is 63.9 Å². The molecule has 140 valence electrons. The maximum absolute atomic E-state index is 11.5. The van der Waals surface area contributed by atoms with E-state index in [-0.39, 0.29) is 5.57 Å². The van der Waals surface area contributed by atoms with E-state index in [2.05, 4.69) is 24.9 Å². The second-order valence-corrected chi connectivity index (χ2v) is 7.13. The minimum atomic E-state index is -1.37. The van der Waals surface area contributed by atoms with E-state index in [9.17, 15) is 15.0 Å². The van der Waals surface area contributed by atoms with Crippen LogP contribution in [0.25, 0.3) is 29.1 Å². The van der Waals surface area contributed by atoms with Crippen LogP contribution in [0.15, 0.2) is 41.5 Å². The van der Waals surface area contributed by atoms with Crippen molar-refractivity contribution in [2.24, 2.45) is 0 Å². The summed E-state index contributed by atoms with van der Waals surface area (Å²) in [5.74, 6) is -1.06. The van der Waals surface area contributed by atoms with Crippen LogP contribution in [0.1, 0.15) is 56.5 Å². The lowest BCUT2D eigenvalue weighted by Crippen LogP contribution is -2.20. The van der Waals surface area contributed by atoms with Crippen LogP contribution >= 0.6 is 0 Å². The summed E-state index contributed by atoms with van der Waals surface area (Å²) in [4.78, 5) is 14.9. The molecule has 1 unspecified atom stereocenters. The summed E-state index contributed by atoms with van der Waals surface area (Å²) in [7, 11) is 0. The molecule has 0 radical (unpaired) electrons. The van der Waals surface area contributed by atoms with Crippen molar-refractivity contribution in [2.45, 2.75) is 39.7 Å². The summed E-state index contributed by atoms with van der Waals surface area (Å²) in [6.07, 6.45) is 11.9. The van der Waals surface area contributed by atoms with Crippen LogP contribution in [-0.4, -0.2) is 21.2 Å². The molecule has 0 spiro atoms. The number of carbonyl (C=O) groups is 1. The Labute approximate surface area is 159 Å². The fraction of sp³-hybridized carbons (Fsp3) is 0.261. The number of carboxylic acids is 1. The maximum Gasteiger partial charge on any atom is 0.335 e. The van der Waals surface area contributed by atoms with Crippen molar-refractivity contribution in [1.29, 1.82) is 0 Å². The summed E-state index contributed by atoms with van der Waals surface area (Å²) in [6.45, 7) is 7.82. The summed E-state index contributed by atoms with van der Waals surface area (Å²) >= 11 is 0. The second-order valence-electron chi connectivity index (χ2n) is 7.13. The molecule has 27 heavy (non-hydrogen) atoms. The number of hydrogen-bond acceptors (Lipinski definition) is 2. The van der Waals surface area contributed by atoms with Gasteiger partial charge in [0, 0.05) is 22.2 Å². The van der Waals surface area contributed by atoms with E-state index in [1.54, 1.807) is 19.1 Å². The van der Waals surface area contributed by atoms with E-state index < -0.39 is 11.6 Å². The van der Waals surface area contributed by atoms with Gasteiger partial charge in [0.2, 0.25) is 0 Å². The first kappa shape index (κ1) is 18.9. The lowest BCUT2D eigenvalue weighted by molar-refractivity contribution is -0.132. The number of aliphatic carboxylic acids is 1. The highest BCUT2D eigenvalue weighted by Crippen LogP contribution is 2.38. The maximum atomic E-state index is 11.5. The predicted octanol–water partition coefficient (Wildman–Crippen LogP) is 5.26. The number of nitrogens with one attached hydrogen (secondary N) is 1. The Morgan fingerprint density at radius 3 is 2.67 bits per heavy atom. The molecule has 0 aliphatic heterocycles. The molecule has 2 aromatic rings. The van der Waals surface area contributed by atoms with Gasteiger partial charge in [-0.15, -0.1) is 0 Å². The van der Waals surface area contributed by atoms with Gasteiger partial charge in [-0.1, -0.05) is 42.9 Å². The van der Waals surface area contributed by atoms with E-state index in [1.165, 1.54) is 11.6 Å². The van der Waals surface area contributed by atoms with Crippen molar-refractivity contribution in [1.82, 2.24) is 4.98 Å². The van der Waals surface area contributed by atoms with Crippen LogP contribution < -0.4 is 0 Å². The number of carboxylic acid groups (broad SMARTS) is 1. The zero-order valence-electron chi connectivity index (χ0n) is 16.1. The van der Waals surface area contributed by atoms with Crippen LogP contribution in [0.2, 0.25) is 0 Å². The Morgan fingerprint density at radius 1 is 1.30 bits per heavy atom. The van der Waals surface area contributed by atoms with Crippen LogP contribution in [0.3, 0.4) is 0 Å². The summed E-state index contributed by atoms with van der Waals surface area (Å²) in [6, 6.07) is 3.88. The van der Waals surface area contributed by atoms with Crippen LogP contribution in [-0.2, 0) is 10.4 Å². The zero-order valence-corrected chi connectivity index (χ0v) is 16.1. The van der Waals surface area contributed by atoms with Gasteiger partial charge in [0.15, 0.2) is 0 Å². The van der Waals surface area contributed by atoms with Gasteiger partial charge in [-0.3, -0.25) is 0 Å². The largest absolute Gasteiger partial charge is 0.478 e. The lowest BCUT2D eigenvalue weighted by Gasteiger charge is -2.21. The van der Waals surface area contributed by atoms with Gasteiger partial charge in [-0.2, -0.15) is 0 Å². The number of aromatic amines is 1. The van der Waals surface area contributed by atoms with Crippen molar-refractivity contribution < 1.29 is 15.0 Å². The standard InChI is InChI=1S/C23H25NO3/c1-5-7-20-18(12-14(3)6-2)16-10-11-19-17(21(16)24-20)9-8-15(22(25)26)13-23(19,4)27/h5,7-13,24,27H,6H2,1-4H3,(H,25,26)/b7-5-,14-12-. The monoisotopic (exact) mass is 363 g/mol. The minimum absolute atomic E-state index is 0.0755. The van der Waals surface area contributed by atoms with Gasteiger partial charge in [0.05, 0.1) is 11.1 Å². The number of fused-ring (bicyclic) bond motifs is 3. The van der Waals surface area contributed by atoms with E-state index >= 15 is 0 Å². The molecule has 3 N–H and O–H groups in total. The Hall–Kier alpha value is -2.85. The van der Waals surface area contributed by atoms with E-state index in [0.717, 1.165) is 34.1 Å². The lowest BCUT2D eigenvalue weighted by atomic mass is 9.89. The molecule has 1 heterocycles. The van der Waals surface area contributed by atoms with Crippen molar-refractivity contribution >= 4 is 35.1 Å². The topological polar surface area (TPSA) is 73.3 Å². The first-order valence-electron chi connectivity index (χ1n) is 9.14. The highest BCUT2D eigenvalue weighted by Gasteiger charge is 2.28. The number of rotatable bonds is 4. The van der Waals surface area contributed by atoms with Crippen molar-refractivity contribution in [3.8, 4) is 0 Å². The molecule has 0 amide bonds. The normalized spacial score (nSPS) is 20.0. The van der Waals surface area contributed by atoms with Gasteiger partial charge < -0.3 is 15.2 Å². The smallest absolute Gasteiger partial charge is 0.335 e. The number of hydrogen-bond donors (Lipinski definition) is 3. The highest BCUT2D eigenvalue weighted by atomic mass is 16.4. The molecule has 0 bridgehead atoms. The molecule has 4 nitrogen and oxygen atoms in total. The minimum Gasteiger partial charge on any atom is -0.478 e. The Balaban J connectivity index is 2.34. The summed E-state index contributed by atoms with van der Waals surface area (Å²) in [5, 5.41) is 21.4. The molecular weight excluding hydrogens is 338 g/mol. The van der Waals surface area contributed by atoms with Crippen LogP contribution in [0, 0.1) is 0 Å². The molecule has 1 aromatic carbocycles. The summed E-state index contributed by atoms with van der Waals surface area (Å²) in [5.41, 5.74) is 4.46. The molecule has 1 aliphatic carbocycles. The SMILES string of the molecule is C/C=C\c1[nH]c2c3c(ccc2c1/C=C(/C)CC)C(C)(O)C=C(C(=O)O)C=C3. The molecule has 0 saturated heterocycles. The third-order valence-electron chi connectivity index (χ3n) is 5.03. The third kappa shape index (κ3) is 3.40. The summed E-state index contributed by atoms with van der Waals surface area (Å²) < 4.78 is 0. The predicted molar refractivity (Wildman–Crippen MR) is 111 cm³/mol. The van der Waals surface area contributed by atoms with Gasteiger partial charge in [-0.05, 0) is 51.0 Å². The van der Waals surface area contributed by atoms with Gasteiger partial charge in [0.25, 0.3) is 0 Å². The van der Waals surface area contributed by atoms with E-state index in [1.807, 2.05) is 31.2 Å². The average molecular weight is 363 g/mol. The fourth-order valence-electron chi connectivity index (χ4n) is 3.48. The van der Waals surface area contributed by atoms with Crippen LogP contribution in [0.4, 0.5) is 0 Å². The first-order valence-corrected chi connectivity index (χ1v) is 9.14. The Morgan fingerprint density at radius 2 is 2.04 bits per heavy atom. The number of H-pyrrole nitrogens is 1. The van der Waals surface area contributed by atoms with Gasteiger partial charge >= 0.3 is 5.97 Å². The number of aliphatic hydroxyl groups is 1. The Kier molecular flexibility index (Phi) is 4.94. The van der Waals surface area contributed by atoms with Crippen molar-refractivity contribution in [2.75, 3.05) is 0 Å². The number of aromatic nitrogens is 1. The zero-order chi connectivity index (χ0) is 19.8. The molecule has 0 fully saturated rings. The van der Waals surface area contributed by atoms with Gasteiger partial charge in [-0.25, -0.2) is 4.79 Å². The highest BCUT2D eigenvalue weighted by molar-refractivity contribution is 6.00. The second kappa shape index (κ2) is 7.05. The average Bonchev–Trinajstić information content (AvgIpc) is 2.88. The number of benzene rings is 1. The molecule has 1 atom stereocenters. The number of allylic oxidation sites excluding steroid dienone is 2. The molecule has 0 saturated carbocycles. The molecule has 1 aromatic heterocycles. The van der Waals surface area contributed by atoms with E-state index in [0.29, 0.717) is 5.56 Å². The van der Waals surface area contributed by atoms with E-state index in [4.69, 9.17) is 0 Å². The van der Waals surface area contributed by atoms with Crippen molar-refractivity contribution in [3.63, 3.8) is 0 Å². The fourth-order valence-corrected chi connectivity index (χ4v) is 3.48. The molecule has 1 aliphatic rings. The molecular formula is C23H25NO3. The van der Waals surface area contributed by atoms with Gasteiger partial charge in [0.1, 0.15) is 5.60 Å². The quantitative estimate of drug-likeness (QED) is 0.694. The Bertz CT molecular complexity index is 1030. The molecule has 4 heteroatoms. The first-order chi connectivity index (χ1) is 12.8. The molecule has 3 rings (SSSR count).